The Hall–Kier alpha value is -1.84. The maximum Gasteiger partial charge on any atom is 0.181 e. The van der Waals surface area contributed by atoms with Gasteiger partial charge in [-0.3, -0.25) is 5.10 Å². The second kappa shape index (κ2) is 4.59. The third-order valence-corrected chi connectivity index (χ3v) is 6.56. The molecule has 4 aliphatic carbocycles. The minimum atomic E-state index is 0.274. The third-order valence-electron chi connectivity index (χ3n) is 6.56. The second-order valence-electron chi connectivity index (χ2n) is 8.28. The molecule has 0 atom stereocenters. The van der Waals surface area contributed by atoms with Gasteiger partial charge >= 0.3 is 0 Å². The number of H-pyrrole nitrogens is 1. The summed E-state index contributed by atoms with van der Waals surface area (Å²) in [6.45, 7) is 2.03. The summed E-state index contributed by atoms with van der Waals surface area (Å²) in [7, 11) is 0. The highest BCUT2D eigenvalue weighted by Gasteiger charge is 2.53. The van der Waals surface area contributed by atoms with E-state index < -0.39 is 0 Å². The Labute approximate surface area is 136 Å². The number of nitrogens with one attached hydrogen (secondary N) is 1. The molecule has 4 saturated carbocycles. The Morgan fingerprint density at radius 2 is 1.74 bits per heavy atom. The van der Waals surface area contributed by atoms with Crippen LogP contribution in [0.25, 0.3) is 11.4 Å². The number of aryl methyl sites for hydroxylation is 1. The molecule has 4 nitrogen and oxygen atoms in total. The monoisotopic (exact) mass is 308 g/mol. The Morgan fingerprint density at radius 3 is 2.35 bits per heavy atom. The number of nitrogens with zero attached hydrogens (tertiary/aromatic N) is 2. The molecule has 3 N–H and O–H groups in total. The van der Waals surface area contributed by atoms with Gasteiger partial charge in [0.15, 0.2) is 5.82 Å². The fourth-order valence-corrected chi connectivity index (χ4v) is 5.81. The van der Waals surface area contributed by atoms with E-state index in [9.17, 15) is 0 Å². The fraction of sp³-hybridized carbons (Fsp3) is 0.579. The molecule has 2 aromatic rings. The molecule has 1 aromatic carbocycles. The van der Waals surface area contributed by atoms with Crippen molar-refractivity contribution in [3.05, 3.63) is 29.6 Å². The minimum absolute atomic E-state index is 0.274. The van der Waals surface area contributed by atoms with E-state index in [0.717, 1.165) is 46.2 Å². The topological polar surface area (TPSA) is 67.6 Å². The Morgan fingerprint density at radius 1 is 1.09 bits per heavy atom. The van der Waals surface area contributed by atoms with Gasteiger partial charge in [0, 0.05) is 16.7 Å². The summed E-state index contributed by atoms with van der Waals surface area (Å²) in [4.78, 5) is 4.92. The molecule has 0 amide bonds. The maximum absolute atomic E-state index is 6.05. The van der Waals surface area contributed by atoms with Crippen molar-refractivity contribution in [1.82, 2.24) is 15.2 Å². The van der Waals surface area contributed by atoms with Crippen LogP contribution in [0.1, 0.15) is 49.9 Å². The second-order valence-corrected chi connectivity index (χ2v) is 8.28. The van der Waals surface area contributed by atoms with E-state index in [4.69, 9.17) is 10.7 Å². The van der Waals surface area contributed by atoms with Crippen molar-refractivity contribution in [1.29, 1.82) is 0 Å². The van der Waals surface area contributed by atoms with Crippen LogP contribution in [0.4, 0.5) is 5.69 Å². The van der Waals surface area contributed by atoms with Gasteiger partial charge in [-0.05, 0) is 74.8 Å². The molecule has 0 saturated heterocycles. The molecule has 0 spiro atoms. The Kier molecular flexibility index (Phi) is 2.71. The quantitative estimate of drug-likeness (QED) is 0.829. The van der Waals surface area contributed by atoms with Gasteiger partial charge in [-0.1, -0.05) is 12.1 Å². The van der Waals surface area contributed by atoms with Crippen molar-refractivity contribution in [3.8, 4) is 11.4 Å². The van der Waals surface area contributed by atoms with Crippen LogP contribution in [0, 0.1) is 24.7 Å². The lowest BCUT2D eigenvalue weighted by molar-refractivity contribution is -0.00920. The van der Waals surface area contributed by atoms with Gasteiger partial charge in [-0.2, -0.15) is 5.10 Å². The summed E-state index contributed by atoms with van der Waals surface area (Å²) < 4.78 is 0. The molecule has 4 aliphatic rings. The van der Waals surface area contributed by atoms with Gasteiger partial charge < -0.3 is 5.73 Å². The van der Waals surface area contributed by atoms with Crippen molar-refractivity contribution >= 4 is 5.69 Å². The molecule has 1 aromatic heterocycles. The molecular weight excluding hydrogens is 284 g/mol. The number of nitrogens with two attached hydrogens (primary N) is 1. The summed E-state index contributed by atoms with van der Waals surface area (Å²) in [5, 5.41) is 7.82. The Balaban J connectivity index is 1.51. The zero-order valence-electron chi connectivity index (χ0n) is 13.7. The van der Waals surface area contributed by atoms with Crippen molar-refractivity contribution in [2.24, 2.45) is 17.8 Å². The first-order valence-corrected chi connectivity index (χ1v) is 8.91. The van der Waals surface area contributed by atoms with E-state index in [1.165, 1.54) is 38.5 Å². The lowest BCUT2D eigenvalue weighted by atomic mass is 9.49. The van der Waals surface area contributed by atoms with Crippen molar-refractivity contribution in [2.45, 2.75) is 50.9 Å². The van der Waals surface area contributed by atoms with E-state index in [-0.39, 0.29) is 5.41 Å². The van der Waals surface area contributed by atoms with Gasteiger partial charge in [-0.15, -0.1) is 0 Å². The fourth-order valence-electron chi connectivity index (χ4n) is 5.81. The van der Waals surface area contributed by atoms with Crippen LogP contribution in [0.5, 0.6) is 0 Å². The zero-order chi connectivity index (χ0) is 15.6. The number of hydrogen-bond donors (Lipinski definition) is 2. The molecule has 23 heavy (non-hydrogen) atoms. The number of rotatable bonds is 2. The highest BCUT2D eigenvalue weighted by Crippen LogP contribution is 2.60. The van der Waals surface area contributed by atoms with Gasteiger partial charge in [0.05, 0.1) is 0 Å². The first kappa shape index (κ1) is 13.6. The molecule has 0 radical (unpaired) electrons. The van der Waals surface area contributed by atoms with Crippen LogP contribution in [0.3, 0.4) is 0 Å². The average molecular weight is 308 g/mol. The third kappa shape index (κ3) is 2.03. The van der Waals surface area contributed by atoms with Crippen LogP contribution >= 0.6 is 0 Å². The number of aromatic amines is 1. The predicted octanol–water partition coefficient (Wildman–Crippen LogP) is 3.83. The van der Waals surface area contributed by atoms with Crippen molar-refractivity contribution < 1.29 is 0 Å². The number of benzene rings is 1. The molecule has 0 unspecified atom stereocenters. The van der Waals surface area contributed by atoms with Crippen LogP contribution in [-0.2, 0) is 5.41 Å². The lowest BCUT2D eigenvalue weighted by Gasteiger charge is -2.55. The molecule has 4 heteroatoms. The number of anilines is 1. The normalized spacial score (nSPS) is 34.9. The maximum atomic E-state index is 6.05. The molecule has 120 valence electrons. The van der Waals surface area contributed by atoms with Crippen LogP contribution < -0.4 is 5.73 Å². The molecule has 6 rings (SSSR count). The number of aromatic nitrogens is 3. The van der Waals surface area contributed by atoms with Crippen molar-refractivity contribution in [3.63, 3.8) is 0 Å². The zero-order valence-corrected chi connectivity index (χ0v) is 13.7. The van der Waals surface area contributed by atoms with Gasteiger partial charge in [0.2, 0.25) is 0 Å². The Bertz CT molecular complexity index is 725. The summed E-state index contributed by atoms with van der Waals surface area (Å²) in [6.07, 6.45) is 8.29. The molecular formula is C19H24N4. The molecule has 4 fully saturated rings. The van der Waals surface area contributed by atoms with E-state index in [1.54, 1.807) is 0 Å². The SMILES string of the molecule is Cc1ccc(-c2n[nH]c(C34CC5CC(CC(C5)C3)C4)n2)cc1N. The first-order valence-electron chi connectivity index (χ1n) is 8.91. The highest BCUT2D eigenvalue weighted by atomic mass is 15.2. The van der Waals surface area contributed by atoms with Gasteiger partial charge in [0.25, 0.3) is 0 Å². The summed E-state index contributed by atoms with van der Waals surface area (Å²) >= 11 is 0. The van der Waals surface area contributed by atoms with E-state index in [1.807, 2.05) is 19.1 Å². The summed E-state index contributed by atoms with van der Waals surface area (Å²) in [6, 6.07) is 6.10. The average Bonchev–Trinajstić information content (AvgIpc) is 2.99. The van der Waals surface area contributed by atoms with E-state index in [2.05, 4.69) is 16.3 Å². The van der Waals surface area contributed by atoms with Crippen LogP contribution in [-0.4, -0.2) is 15.2 Å². The van der Waals surface area contributed by atoms with Crippen LogP contribution in [0.15, 0.2) is 18.2 Å². The smallest absolute Gasteiger partial charge is 0.181 e. The summed E-state index contributed by atoms with van der Waals surface area (Å²) in [5.74, 6) is 4.69. The standard InChI is InChI=1S/C19H24N4/c1-11-2-3-15(7-16(11)20)17-21-18(23-22-17)19-8-12-4-13(9-19)6-14(5-12)10-19/h2-3,7,12-14H,4-6,8-10,20H2,1H3,(H,21,22,23). The predicted molar refractivity (Wildman–Crippen MR) is 90.8 cm³/mol. The first-order chi connectivity index (χ1) is 11.1. The molecule has 0 aliphatic heterocycles. The largest absolute Gasteiger partial charge is 0.398 e. The van der Waals surface area contributed by atoms with Crippen molar-refractivity contribution in [2.75, 3.05) is 5.73 Å². The number of hydrogen-bond acceptors (Lipinski definition) is 3. The van der Waals surface area contributed by atoms with E-state index in [0.29, 0.717) is 0 Å². The van der Waals surface area contributed by atoms with Gasteiger partial charge in [-0.25, -0.2) is 4.98 Å². The summed E-state index contributed by atoms with van der Waals surface area (Å²) in [5.41, 5.74) is 9.24. The van der Waals surface area contributed by atoms with Crippen LogP contribution in [0.2, 0.25) is 0 Å². The van der Waals surface area contributed by atoms with E-state index >= 15 is 0 Å². The number of nitrogen functional groups attached to an aromatic ring is 1. The minimum Gasteiger partial charge on any atom is -0.398 e. The van der Waals surface area contributed by atoms with Gasteiger partial charge in [0.1, 0.15) is 5.82 Å². The lowest BCUT2D eigenvalue weighted by Crippen LogP contribution is -2.49. The molecule has 4 bridgehead atoms. The molecule has 1 heterocycles. The highest BCUT2D eigenvalue weighted by molar-refractivity contribution is 5.63.